The lowest BCUT2D eigenvalue weighted by Gasteiger charge is -2.14. The zero-order valence-corrected chi connectivity index (χ0v) is 13.5. The van der Waals surface area contributed by atoms with Gasteiger partial charge in [-0.25, -0.2) is 14.2 Å². The molecule has 0 spiro atoms. The van der Waals surface area contributed by atoms with Crippen molar-refractivity contribution in [2.24, 2.45) is 0 Å². The van der Waals surface area contributed by atoms with Crippen molar-refractivity contribution in [2.75, 3.05) is 6.54 Å². The zero-order valence-electron chi connectivity index (χ0n) is 12.7. The lowest BCUT2D eigenvalue weighted by atomic mass is 10.2. The number of carbonyl (C=O) groups is 1. The van der Waals surface area contributed by atoms with E-state index in [1.165, 1.54) is 16.8 Å². The average molecular weight is 363 g/mol. The van der Waals surface area contributed by atoms with Gasteiger partial charge in [0.05, 0.1) is 22.3 Å². The van der Waals surface area contributed by atoms with Crippen LogP contribution in [0.5, 0.6) is 0 Å². The first-order valence-corrected chi connectivity index (χ1v) is 7.63. The third-order valence-electron chi connectivity index (χ3n) is 3.52. The third-order valence-corrected chi connectivity index (χ3v) is 3.84. The summed E-state index contributed by atoms with van der Waals surface area (Å²) in [6.45, 7) is 0.00965. The molecule has 0 saturated heterocycles. The highest BCUT2D eigenvalue weighted by atomic mass is 35.5. The van der Waals surface area contributed by atoms with Crippen LogP contribution in [-0.2, 0) is 6.42 Å². The van der Waals surface area contributed by atoms with Crippen molar-refractivity contribution in [3.05, 3.63) is 63.7 Å². The Kier molecular flexibility index (Phi) is 4.62. The van der Waals surface area contributed by atoms with Crippen molar-refractivity contribution in [3.8, 4) is 5.69 Å². The molecule has 0 atom stereocenters. The monoisotopic (exact) mass is 362 g/mol. The molecule has 0 aliphatic heterocycles. The second-order valence-electron chi connectivity index (χ2n) is 5.11. The van der Waals surface area contributed by atoms with Crippen molar-refractivity contribution in [1.29, 1.82) is 0 Å². The molecule has 2 N–H and O–H groups in total. The molecular weight excluding hydrogens is 351 g/mol. The van der Waals surface area contributed by atoms with Crippen LogP contribution in [0.2, 0.25) is 5.02 Å². The van der Waals surface area contributed by atoms with Gasteiger partial charge in [0.2, 0.25) is 0 Å². The Balaban J connectivity index is 2.26. The van der Waals surface area contributed by atoms with Crippen molar-refractivity contribution in [2.45, 2.75) is 6.42 Å². The number of halogens is 2. The maximum atomic E-state index is 14.1. The van der Waals surface area contributed by atoms with E-state index in [2.05, 4.69) is 15.3 Å². The lowest BCUT2D eigenvalue weighted by Crippen LogP contribution is -2.29. The fourth-order valence-electron chi connectivity index (χ4n) is 2.46. The summed E-state index contributed by atoms with van der Waals surface area (Å²) in [7, 11) is 0. The predicted octanol–water partition coefficient (Wildman–Crippen LogP) is 2.38. The molecule has 0 unspecified atom stereocenters. The fraction of sp³-hybridized carbons (Fsp3) is 0.125. The second kappa shape index (κ2) is 6.86. The van der Waals surface area contributed by atoms with Gasteiger partial charge < -0.3 is 10.4 Å². The highest BCUT2D eigenvalue weighted by molar-refractivity contribution is 6.35. The lowest BCUT2D eigenvalue weighted by molar-refractivity contribution is 0.194. The first kappa shape index (κ1) is 16.8. The number of nitrogens with zero attached hydrogens (tertiary/aromatic N) is 3. The van der Waals surface area contributed by atoms with E-state index in [0.29, 0.717) is 5.69 Å². The first-order chi connectivity index (χ1) is 12.0. The summed E-state index contributed by atoms with van der Waals surface area (Å²) in [4.78, 5) is 31.7. The number of hydrogen-bond acceptors (Lipinski definition) is 4. The molecule has 0 fully saturated rings. The smallest absolute Gasteiger partial charge is 0.404 e. The number of amides is 1. The second-order valence-corrected chi connectivity index (χ2v) is 5.52. The molecule has 0 radical (unpaired) electrons. The minimum atomic E-state index is -1.20. The summed E-state index contributed by atoms with van der Waals surface area (Å²) in [6, 6.07) is 5.70. The van der Waals surface area contributed by atoms with E-state index in [0.717, 1.165) is 6.07 Å². The van der Waals surface area contributed by atoms with Crippen LogP contribution in [0, 0.1) is 5.82 Å². The molecule has 128 valence electrons. The summed E-state index contributed by atoms with van der Waals surface area (Å²) in [6.07, 6.45) is 1.88. The normalized spacial score (nSPS) is 10.8. The number of pyridine rings is 1. The quantitative estimate of drug-likeness (QED) is 0.742. The van der Waals surface area contributed by atoms with E-state index < -0.39 is 17.5 Å². The zero-order chi connectivity index (χ0) is 18.0. The van der Waals surface area contributed by atoms with Crippen LogP contribution in [0.3, 0.4) is 0 Å². The molecule has 0 aliphatic carbocycles. The van der Waals surface area contributed by atoms with E-state index in [-0.39, 0.29) is 34.7 Å². The highest BCUT2D eigenvalue weighted by Crippen LogP contribution is 2.23. The van der Waals surface area contributed by atoms with Gasteiger partial charge in [0.1, 0.15) is 17.2 Å². The Morgan fingerprint density at radius 1 is 1.36 bits per heavy atom. The van der Waals surface area contributed by atoms with Gasteiger partial charge in [-0.1, -0.05) is 11.6 Å². The number of fused-ring (bicyclic) bond motifs is 1. The summed E-state index contributed by atoms with van der Waals surface area (Å²) in [5.41, 5.74) is -0.275. The molecule has 0 saturated carbocycles. The van der Waals surface area contributed by atoms with Crippen LogP contribution in [0.25, 0.3) is 16.6 Å². The van der Waals surface area contributed by atoms with E-state index in [4.69, 9.17) is 16.7 Å². The van der Waals surface area contributed by atoms with E-state index in [9.17, 15) is 14.0 Å². The van der Waals surface area contributed by atoms with E-state index in [1.54, 1.807) is 18.3 Å². The number of aromatic nitrogens is 3. The van der Waals surface area contributed by atoms with Gasteiger partial charge in [0.25, 0.3) is 5.56 Å². The Labute approximate surface area is 145 Å². The predicted molar refractivity (Wildman–Crippen MR) is 89.8 cm³/mol. The highest BCUT2D eigenvalue weighted by Gasteiger charge is 2.17. The maximum absolute atomic E-state index is 14.1. The summed E-state index contributed by atoms with van der Waals surface area (Å²) in [5, 5.41) is 10.9. The van der Waals surface area contributed by atoms with Crippen LogP contribution in [0.1, 0.15) is 5.82 Å². The molecule has 0 bridgehead atoms. The van der Waals surface area contributed by atoms with Gasteiger partial charge in [-0.15, -0.1) is 0 Å². The van der Waals surface area contributed by atoms with Gasteiger partial charge in [0.15, 0.2) is 0 Å². The van der Waals surface area contributed by atoms with Crippen LogP contribution in [-0.4, -0.2) is 32.3 Å². The van der Waals surface area contributed by atoms with Crippen molar-refractivity contribution >= 4 is 28.6 Å². The summed E-state index contributed by atoms with van der Waals surface area (Å²) in [5.74, 6) is -0.484. The van der Waals surface area contributed by atoms with Gasteiger partial charge in [-0.2, -0.15) is 0 Å². The summed E-state index contributed by atoms with van der Waals surface area (Å²) < 4.78 is 15.4. The Hall–Kier alpha value is -3.00. The SMILES string of the molecule is O=C(O)NCCc1nc2c(F)ccc(Cl)c2c(=O)n1-c1cccnc1. The molecule has 7 nitrogen and oxygen atoms in total. The largest absolute Gasteiger partial charge is 0.465 e. The van der Waals surface area contributed by atoms with Crippen molar-refractivity contribution < 1.29 is 14.3 Å². The minimum absolute atomic E-state index is 0.00965. The molecule has 1 aromatic carbocycles. The van der Waals surface area contributed by atoms with Crippen LogP contribution in [0.15, 0.2) is 41.5 Å². The number of nitrogens with one attached hydrogen (secondary N) is 1. The standard InChI is InChI=1S/C16H12ClFN4O3/c17-10-3-4-11(18)14-13(10)15(23)22(9-2-1-6-19-8-9)12(21-14)5-7-20-16(24)25/h1-4,6,8,20H,5,7H2,(H,24,25). The molecular formula is C16H12ClFN4O3. The van der Waals surface area contributed by atoms with Crippen molar-refractivity contribution in [1.82, 2.24) is 19.9 Å². The maximum Gasteiger partial charge on any atom is 0.404 e. The van der Waals surface area contributed by atoms with Crippen LogP contribution < -0.4 is 10.9 Å². The summed E-state index contributed by atoms with van der Waals surface area (Å²) >= 11 is 6.07. The van der Waals surface area contributed by atoms with Gasteiger partial charge in [0, 0.05) is 19.2 Å². The Morgan fingerprint density at radius 2 is 2.16 bits per heavy atom. The molecule has 0 aliphatic rings. The van der Waals surface area contributed by atoms with E-state index >= 15 is 0 Å². The van der Waals surface area contributed by atoms with Gasteiger partial charge in [-0.3, -0.25) is 14.3 Å². The van der Waals surface area contributed by atoms with Crippen molar-refractivity contribution in [3.63, 3.8) is 0 Å². The molecule has 1 amide bonds. The number of rotatable bonds is 4. The number of benzene rings is 1. The Bertz CT molecular complexity index is 1010. The molecule has 3 aromatic rings. The molecule has 2 aromatic heterocycles. The number of carboxylic acid groups (broad SMARTS) is 1. The molecule has 25 heavy (non-hydrogen) atoms. The average Bonchev–Trinajstić information content (AvgIpc) is 2.58. The van der Waals surface area contributed by atoms with Gasteiger partial charge in [-0.05, 0) is 24.3 Å². The van der Waals surface area contributed by atoms with Gasteiger partial charge >= 0.3 is 6.09 Å². The Morgan fingerprint density at radius 3 is 2.84 bits per heavy atom. The first-order valence-electron chi connectivity index (χ1n) is 7.26. The van der Waals surface area contributed by atoms with Crippen LogP contribution in [0.4, 0.5) is 9.18 Å². The molecule has 3 rings (SSSR count). The molecule has 9 heteroatoms. The third kappa shape index (κ3) is 3.29. The van der Waals surface area contributed by atoms with E-state index in [1.807, 2.05) is 0 Å². The number of hydrogen-bond donors (Lipinski definition) is 2. The minimum Gasteiger partial charge on any atom is -0.465 e. The van der Waals surface area contributed by atoms with Crippen LogP contribution >= 0.6 is 11.6 Å². The molecule has 2 heterocycles. The topological polar surface area (TPSA) is 97.1 Å². The fourth-order valence-corrected chi connectivity index (χ4v) is 2.70.